The van der Waals surface area contributed by atoms with Gasteiger partial charge in [-0.05, 0) is 0 Å². The van der Waals surface area contributed by atoms with Crippen molar-refractivity contribution in [1.82, 2.24) is 19.9 Å². The number of hydrogen-bond donors (Lipinski definition) is 2. The van der Waals surface area contributed by atoms with Crippen molar-refractivity contribution in [3.05, 3.63) is 12.4 Å². The van der Waals surface area contributed by atoms with Crippen LogP contribution >= 0.6 is 0 Å². The minimum Gasteiger partial charge on any atom is -0.382 e. The molecule has 12 heavy (non-hydrogen) atoms. The van der Waals surface area contributed by atoms with E-state index in [0.717, 1.165) is 0 Å². The first kappa shape index (κ1) is 6.71. The van der Waals surface area contributed by atoms with Gasteiger partial charge in [0.15, 0.2) is 5.65 Å². The van der Waals surface area contributed by atoms with Crippen molar-refractivity contribution in [3.63, 3.8) is 0 Å². The molecule has 2 aromatic heterocycles. The van der Waals surface area contributed by atoms with Gasteiger partial charge in [-0.15, -0.1) is 0 Å². The van der Waals surface area contributed by atoms with Crippen molar-refractivity contribution >= 4 is 22.9 Å². The highest BCUT2D eigenvalue weighted by Crippen LogP contribution is 2.06. The van der Waals surface area contributed by atoms with Gasteiger partial charge in [0.2, 0.25) is 5.95 Å². The summed E-state index contributed by atoms with van der Waals surface area (Å²) in [6.45, 7) is 0. The van der Waals surface area contributed by atoms with Gasteiger partial charge < -0.3 is 11.5 Å². The molecule has 0 radical (unpaired) electrons. The van der Waals surface area contributed by atoms with Gasteiger partial charge in [-0.2, -0.15) is 4.98 Å². The minimum absolute atomic E-state index is 0.169. The lowest BCUT2D eigenvalue weighted by molar-refractivity contribution is 1.16. The van der Waals surface area contributed by atoms with Gasteiger partial charge in [0, 0.05) is 0 Å². The molecule has 0 spiro atoms. The molecule has 6 nitrogen and oxygen atoms in total. The SMILES string of the molecule is Nc1cnc2cnc(N)nc2n1. The lowest BCUT2D eigenvalue weighted by atomic mass is 10.5. The quantitative estimate of drug-likeness (QED) is 0.545. The molecular weight excluding hydrogens is 156 g/mol. The molecule has 2 rings (SSSR count). The number of rotatable bonds is 0. The number of aromatic nitrogens is 4. The highest BCUT2D eigenvalue weighted by Gasteiger charge is 1.98. The summed E-state index contributed by atoms with van der Waals surface area (Å²) in [6, 6.07) is 0. The summed E-state index contributed by atoms with van der Waals surface area (Å²) in [6.07, 6.45) is 2.95. The molecule has 6 heteroatoms. The van der Waals surface area contributed by atoms with E-state index in [1.54, 1.807) is 0 Å². The van der Waals surface area contributed by atoms with Crippen LogP contribution in [0.5, 0.6) is 0 Å². The molecule has 0 atom stereocenters. The molecule has 2 aromatic rings. The molecule has 0 saturated heterocycles. The molecule has 0 fully saturated rings. The maximum Gasteiger partial charge on any atom is 0.222 e. The fourth-order valence-electron chi connectivity index (χ4n) is 0.840. The van der Waals surface area contributed by atoms with Gasteiger partial charge in [-0.3, -0.25) is 0 Å². The fraction of sp³-hybridized carbons (Fsp3) is 0. The Morgan fingerprint density at radius 2 is 1.83 bits per heavy atom. The van der Waals surface area contributed by atoms with Crippen LogP contribution in [0.2, 0.25) is 0 Å². The summed E-state index contributed by atoms with van der Waals surface area (Å²) in [5, 5.41) is 0. The molecule has 0 aliphatic rings. The van der Waals surface area contributed by atoms with Gasteiger partial charge in [-0.1, -0.05) is 0 Å². The summed E-state index contributed by atoms with van der Waals surface area (Å²) in [5.41, 5.74) is 11.7. The Balaban J connectivity index is 2.80. The highest BCUT2D eigenvalue weighted by atomic mass is 15.1. The van der Waals surface area contributed by atoms with E-state index in [-0.39, 0.29) is 5.95 Å². The third kappa shape index (κ3) is 0.986. The largest absolute Gasteiger partial charge is 0.382 e. The van der Waals surface area contributed by atoms with Crippen LogP contribution in [0.3, 0.4) is 0 Å². The second-order valence-electron chi connectivity index (χ2n) is 2.23. The van der Waals surface area contributed by atoms with E-state index in [1.165, 1.54) is 12.4 Å². The summed E-state index contributed by atoms with van der Waals surface area (Å²) < 4.78 is 0. The Kier molecular flexibility index (Phi) is 1.26. The second-order valence-corrected chi connectivity index (χ2v) is 2.23. The molecule has 2 heterocycles. The van der Waals surface area contributed by atoms with Crippen molar-refractivity contribution in [3.8, 4) is 0 Å². The normalized spacial score (nSPS) is 10.3. The number of nitrogen functional groups attached to an aromatic ring is 2. The first-order valence-electron chi connectivity index (χ1n) is 3.26. The summed E-state index contributed by atoms with van der Waals surface area (Å²) in [5.74, 6) is 0.489. The molecule has 0 saturated carbocycles. The van der Waals surface area contributed by atoms with Crippen molar-refractivity contribution < 1.29 is 0 Å². The number of nitrogens with two attached hydrogens (primary N) is 2. The van der Waals surface area contributed by atoms with E-state index < -0.39 is 0 Å². The molecule has 0 aliphatic heterocycles. The molecule has 0 unspecified atom stereocenters. The van der Waals surface area contributed by atoms with Gasteiger partial charge >= 0.3 is 0 Å². The smallest absolute Gasteiger partial charge is 0.222 e. The van der Waals surface area contributed by atoms with Gasteiger partial charge in [0.25, 0.3) is 0 Å². The van der Waals surface area contributed by atoms with E-state index >= 15 is 0 Å². The van der Waals surface area contributed by atoms with Crippen LogP contribution in [0.4, 0.5) is 11.8 Å². The monoisotopic (exact) mass is 162 g/mol. The Morgan fingerprint density at radius 1 is 1.00 bits per heavy atom. The van der Waals surface area contributed by atoms with Crippen molar-refractivity contribution in [2.24, 2.45) is 0 Å². The zero-order chi connectivity index (χ0) is 8.55. The van der Waals surface area contributed by atoms with Crippen LogP contribution in [0.1, 0.15) is 0 Å². The van der Waals surface area contributed by atoms with Crippen LogP contribution in [-0.2, 0) is 0 Å². The average molecular weight is 162 g/mol. The minimum atomic E-state index is 0.169. The fourth-order valence-corrected chi connectivity index (χ4v) is 0.840. The van der Waals surface area contributed by atoms with Gasteiger partial charge in [0.1, 0.15) is 11.3 Å². The first-order chi connectivity index (χ1) is 5.75. The Morgan fingerprint density at radius 3 is 2.67 bits per heavy atom. The third-order valence-electron chi connectivity index (χ3n) is 1.34. The van der Waals surface area contributed by atoms with E-state index in [1.807, 2.05) is 0 Å². The van der Waals surface area contributed by atoms with E-state index in [2.05, 4.69) is 19.9 Å². The van der Waals surface area contributed by atoms with E-state index in [4.69, 9.17) is 11.5 Å². The molecule has 0 aromatic carbocycles. The standard InChI is InChI=1S/C6H6N6/c7-4-2-9-3-1-10-6(8)12-5(3)11-4/h1-2H,(H4,7,8,10,11,12). The topological polar surface area (TPSA) is 104 Å². The predicted molar refractivity (Wildman–Crippen MR) is 44.0 cm³/mol. The Labute approximate surface area is 67.7 Å². The van der Waals surface area contributed by atoms with E-state index in [0.29, 0.717) is 17.0 Å². The summed E-state index contributed by atoms with van der Waals surface area (Å²) in [7, 11) is 0. The Bertz CT molecular complexity index is 389. The summed E-state index contributed by atoms with van der Waals surface area (Å²) in [4.78, 5) is 15.5. The molecule has 4 N–H and O–H groups in total. The number of anilines is 2. The maximum atomic E-state index is 5.40. The van der Waals surface area contributed by atoms with Crippen molar-refractivity contribution in [1.29, 1.82) is 0 Å². The molecule has 0 bridgehead atoms. The van der Waals surface area contributed by atoms with Crippen LogP contribution in [0.15, 0.2) is 12.4 Å². The zero-order valence-electron chi connectivity index (χ0n) is 6.10. The van der Waals surface area contributed by atoms with Gasteiger partial charge in [-0.25, -0.2) is 15.0 Å². The highest BCUT2D eigenvalue weighted by molar-refractivity contribution is 5.70. The molecule has 60 valence electrons. The Hall–Kier alpha value is -1.98. The maximum absolute atomic E-state index is 5.40. The van der Waals surface area contributed by atoms with Crippen molar-refractivity contribution in [2.75, 3.05) is 11.5 Å². The molecule has 0 aliphatic carbocycles. The zero-order valence-corrected chi connectivity index (χ0v) is 6.10. The van der Waals surface area contributed by atoms with Crippen LogP contribution in [0, 0.1) is 0 Å². The molecular formula is C6H6N6. The number of fused-ring (bicyclic) bond motifs is 1. The number of hydrogen-bond acceptors (Lipinski definition) is 6. The average Bonchev–Trinajstić information content (AvgIpc) is 2.03. The lowest BCUT2D eigenvalue weighted by Crippen LogP contribution is -1.99. The lowest BCUT2D eigenvalue weighted by Gasteiger charge is -1.96. The number of nitrogens with zero attached hydrogens (tertiary/aromatic N) is 4. The van der Waals surface area contributed by atoms with Crippen LogP contribution < -0.4 is 11.5 Å². The second kappa shape index (κ2) is 2.26. The predicted octanol–water partition coefficient (Wildman–Crippen LogP) is -0.416. The molecule has 0 amide bonds. The van der Waals surface area contributed by atoms with Gasteiger partial charge in [0.05, 0.1) is 12.4 Å². The van der Waals surface area contributed by atoms with Crippen LogP contribution in [-0.4, -0.2) is 19.9 Å². The third-order valence-corrected chi connectivity index (χ3v) is 1.34. The first-order valence-corrected chi connectivity index (χ1v) is 3.26. The summed E-state index contributed by atoms with van der Waals surface area (Å²) >= 11 is 0. The van der Waals surface area contributed by atoms with Crippen LogP contribution in [0.25, 0.3) is 11.2 Å². The van der Waals surface area contributed by atoms with E-state index in [9.17, 15) is 0 Å². The van der Waals surface area contributed by atoms with Crippen molar-refractivity contribution in [2.45, 2.75) is 0 Å².